The first-order valence-corrected chi connectivity index (χ1v) is 10.6. The van der Waals surface area contributed by atoms with E-state index >= 15 is 0 Å². The van der Waals surface area contributed by atoms with Gasteiger partial charge in [0.2, 0.25) is 0 Å². The Morgan fingerprint density at radius 2 is 1.56 bits per heavy atom. The largest absolute Gasteiger partial charge is 0.455 e. The Kier molecular flexibility index (Phi) is 4.05. The molecule has 0 aromatic heterocycles. The predicted octanol–water partition coefficient (Wildman–Crippen LogP) is 4.00. The summed E-state index contributed by atoms with van der Waals surface area (Å²) in [6, 6.07) is 7.35. The number of ether oxygens (including phenoxy) is 1. The van der Waals surface area contributed by atoms with Gasteiger partial charge in [-0.05, 0) is 86.8 Å². The van der Waals surface area contributed by atoms with Gasteiger partial charge in [-0.2, -0.15) is 0 Å². The van der Waals surface area contributed by atoms with Crippen LogP contribution in [0.15, 0.2) is 24.3 Å². The van der Waals surface area contributed by atoms with Crippen LogP contribution in [0.25, 0.3) is 0 Å². The van der Waals surface area contributed by atoms with Crippen molar-refractivity contribution in [1.82, 2.24) is 5.32 Å². The van der Waals surface area contributed by atoms with E-state index in [0.29, 0.717) is 5.02 Å². The minimum atomic E-state index is -0.578. The topological polar surface area (TPSA) is 55.4 Å². The SMILES string of the molecule is O=C(COC(=O)C1(c2ccc(Cl)cc2)CC1)NC12CC3CC(CC(C3)C1)C2. The predicted molar refractivity (Wildman–Crippen MR) is 102 cm³/mol. The third-order valence-electron chi connectivity index (χ3n) is 7.31. The quantitative estimate of drug-likeness (QED) is 0.777. The molecule has 0 saturated heterocycles. The van der Waals surface area contributed by atoms with Crippen molar-refractivity contribution in [1.29, 1.82) is 0 Å². The molecule has 5 aliphatic rings. The van der Waals surface area contributed by atoms with Crippen molar-refractivity contribution >= 4 is 23.5 Å². The van der Waals surface area contributed by atoms with Crippen molar-refractivity contribution in [2.45, 2.75) is 62.3 Å². The van der Waals surface area contributed by atoms with Crippen molar-refractivity contribution < 1.29 is 14.3 Å². The van der Waals surface area contributed by atoms with Crippen molar-refractivity contribution in [2.75, 3.05) is 6.61 Å². The lowest BCUT2D eigenvalue weighted by Gasteiger charge is -2.56. The Balaban J connectivity index is 1.19. The molecule has 4 bridgehead atoms. The fraction of sp³-hybridized carbons (Fsp3) is 0.636. The van der Waals surface area contributed by atoms with Crippen LogP contribution in [-0.2, 0) is 19.7 Å². The number of benzene rings is 1. The van der Waals surface area contributed by atoms with Crippen LogP contribution in [0.5, 0.6) is 0 Å². The Morgan fingerprint density at radius 1 is 1.00 bits per heavy atom. The van der Waals surface area contributed by atoms with E-state index < -0.39 is 5.41 Å². The molecule has 0 aliphatic heterocycles. The highest BCUT2D eigenvalue weighted by atomic mass is 35.5. The molecule has 1 N–H and O–H groups in total. The van der Waals surface area contributed by atoms with Crippen molar-refractivity contribution in [3.8, 4) is 0 Å². The molecule has 1 amide bonds. The highest BCUT2D eigenvalue weighted by Gasteiger charge is 2.54. The van der Waals surface area contributed by atoms with Gasteiger partial charge in [-0.15, -0.1) is 0 Å². The molecule has 5 fully saturated rings. The maximum atomic E-state index is 12.6. The van der Waals surface area contributed by atoms with Crippen LogP contribution < -0.4 is 5.32 Å². The summed E-state index contributed by atoms with van der Waals surface area (Å²) in [7, 11) is 0. The second-order valence-electron chi connectivity index (χ2n) is 9.41. The molecule has 0 spiro atoms. The third-order valence-corrected chi connectivity index (χ3v) is 7.57. The first kappa shape index (κ1) is 17.5. The molecule has 4 nitrogen and oxygen atoms in total. The smallest absolute Gasteiger partial charge is 0.317 e. The third kappa shape index (κ3) is 3.16. The summed E-state index contributed by atoms with van der Waals surface area (Å²) in [5.74, 6) is 1.90. The molecule has 6 rings (SSSR count). The number of hydrogen-bond donors (Lipinski definition) is 1. The van der Waals surface area contributed by atoms with Crippen molar-refractivity contribution in [2.24, 2.45) is 17.8 Å². The molecular formula is C22H26ClNO3. The van der Waals surface area contributed by atoms with Crippen LogP contribution in [0.4, 0.5) is 0 Å². The second kappa shape index (κ2) is 6.23. The first-order chi connectivity index (χ1) is 13.0. The summed E-state index contributed by atoms with van der Waals surface area (Å²) in [6.07, 6.45) is 8.87. The Bertz CT molecular complexity index is 733. The van der Waals surface area contributed by atoms with Crippen LogP contribution in [-0.4, -0.2) is 24.0 Å². The lowest BCUT2D eigenvalue weighted by atomic mass is 9.53. The fourth-order valence-electron chi connectivity index (χ4n) is 6.37. The fourth-order valence-corrected chi connectivity index (χ4v) is 6.50. The van der Waals surface area contributed by atoms with Gasteiger partial charge in [0.15, 0.2) is 6.61 Å². The van der Waals surface area contributed by atoms with Crippen LogP contribution in [0.1, 0.15) is 56.9 Å². The summed E-state index contributed by atoms with van der Waals surface area (Å²) >= 11 is 5.94. The monoisotopic (exact) mass is 387 g/mol. The summed E-state index contributed by atoms with van der Waals surface area (Å²) < 4.78 is 5.45. The molecule has 0 radical (unpaired) electrons. The standard InChI is InChI=1S/C22H26ClNO3/c23-18-3-1-17(2-4-18)22(5-6-22)20(26)27-13-19(25)24-21-10-14-7-15(11-21)9-16(8-14)12-21/h1-4,14-16H,5-13H2,(H,24,25). The summed E-state index contributed by atoms with van der Waals surface area (Å²) in [5.41, 5.74) is 0.315. The van der Waals surface area contributed by atoms with E-state index in [1.807, 2.05) is 12.1 Å². The molecule has 0 unspecified atom stereocenters. The average Bonchev–Trinajstić information content (AvgIpc) is 3.40. The maximum Gasteiger partial charge on any atom is 0.317 e. The zero-order valence-electron chi connectivity index (χ0n) is 15.5. The molecule has 1 aromatic rings. The summed E-state index contributed by atoms with van der Waals surface area (Å²) in [6.45, 7) is -0.171. The number of carbonyl (C=O) groups is 2. The Labute approximate surface area is 165 Å². The van der Waals surface area contributed by atoms with E-state index in [9.17, 15) is 9.59 Å². The molecule has 5 heteroatoms. The number of esters is 1. The van der Waals surface area contributed by atoms with Crippen molar-refractivity contribution in [3.63, 3.8) is 0 Å². The van der Waals surface area contributed by atoms with Gasteiger partial charge >= 0.3 is 5.97 Å². The number of nitrogens with one attached hydrogen (secondary N) is 1. The van der Waals surface area contributed by atoms with Gasteiger partial charge in [0.1, 0.15) is 0 Å². The number of amides is 1. The number of rotatable bonds is 5. The van der Waals surface area contributed by atoms with Crippen LogP contribution in [0.2, 0.25) is 5.02 Å². The molecule has 144 valence electrons. The van der Waals surface area contributed by atoms with Crippen molar-refractivity contribution in [3.05, 3.63) is 34.9 Å². The molecule has 5 aliphatic carbocycles. The van der Waals surface area contributed by atoms with Gasteiger partial charge in [0, 0.05) is 10.6 Å². The van der Waals surface area contributed by atoms with Gasteiger partial charge in [-0.1, -0.05) is 23.7 Å². The lowest BCUT2D eigenvalue weighted by molar-refractivity contribution is -0.152. The molecule has 5 saturated carbocycles. The number of carbonyl (C=O) groups excluding carboxylic acids is 2. The minimum Gasteiger partial charge on any atom is -0.455 e. The zero-order chi connectivity index (χ0) is 18.6. The summed E-state index contributed by atoms with van der Waals surface area (Å²) in [5, 5.41) is 3.92. The van der Waals surface area contributed by atoms with Gasteiger partial charge in [0.25, 0.3) is 5.91 Å². The van der Waals surface area contributed by atoms with E-state index in [4.69, 9.17) is 16.3 Å². The second-order valence-corrected chi connectivity index (χ2v) is 9.85. The van der Waals surface area contributed by atoms with Crippen LogP contribution in [0.3, 0.4) is 0 Å². The zero-order valence-corrected chi connectivity index (χ0v) is 16.3. The van der Waals surface area contributed by atoms with Gasteiger partial charge < -0.3 is 10.1 Å². The first-order valence-electron chi connectivity index (χ1n) is 10.2. The van der Waals surface area contributed by atoms with Crippen LogP contribution in [0, 0.1) is 17.8 Å². The van der Waals surface area contributed by atoms with Gasteiger partial charge in [-0.25, -0.2) is 0 Å². The highest BCUT2D eigenvalue weighted by Crippen LogP contribution is 2.55. The Hall–Kier alpha value is -1.55. The van der Waals surface area contributed by atoms with E-state index in [-0.39, 0.29) is 24.0 Å². The Morgan fingerprint density at radius 3 is 2.07 bits per heavy atom. The van der Waals surface area contributed by atoms with E-state index in [0.717, 1.165) is 55.4 Å². The molecule has 0 atom stereocenters. The maximum absolute atomic E-state index is 12.6. The summed E-state index contributed by atoms with van der Waals surface area (Å²) in [4.78, 5) is 25.2. The molecule has 27 heavy (non-hydrogen) atoms. The molecule has 0 heterocycles. The number of halogens is 1. The molecular weight excluding hydrogens is 362 g/mol. The normalized spacial score (nSPS) is 34.9. The van der Waals surface area contributed by atoms with E-state index in [1.165, 1.54) is 19.3 Å². The lowest BCUT2D eigenvalue weighted by Crippen LogP contribution is -2.60. The van der Waals surface area contributed by atoms with Crippen LogP contribution >= 0.6 is 11.6 Å². The van der Waals surface area contributed by atoms with E-state index in [1.54, 1.807) is 12.1 Å². The minimum absolute atomic E-state index is 0.0360. The van der Waals surface area contributed by atoms with Gasteiger partial charge in [0.05, 0.1) is 5.41 Å². The van der Waals surface area contributed by atoms with Gasteiger partial charge in [-0.3, -0.25) is 9.59 Å². The molecule has 1 aromatic carbocycles. The average molecular weight is 388 g/mol. The van der Waals surface area contributed by atoms with E-state index in [2.05, 4.69) is 5.32 Å². The highest BCUT2D eigenvalue weighted by molar-refractivity contribution is 6.30. The number of hydrogen-bond acceptors (Lipinski definition) is 3.